The van der Waals surface area contributed by atoms with Crippen LogP contribution in [0.2, 0.25) is 0 Å². The predicted octanol–water partition coefficient (Wildman–Crippen LogP) is 2.10. The lowest BCUT2D eigenvalue weighted by molar-refractivity contribution is -0.152. The van der Waals surface area contributed by atoms with Crippen molar-refractivity contribution in [2.75, 3.05) is 6.26 Å². The number of hydrogen-bond donors (Lipinski definition) is 1. The maximum atomic E-state index is 13.3. The predicted molar refractivity (Wildman–Crippen MR) is 115 cm³/mol. The lowest BCUT2D eigenvalue weighted by Crippen LogP contribution is -2.56. The summed E-state index contributed by atoms with van der Waals surface area (Å²) in [6.45, 7) is 0. The van der Waals surface area contributed by atoms with E-state index >= 15 is 0 Å². The minimum Gasteiger partial charge on any atom is -0.448 e. The molecule has 0 spiro atoms. The number of amides is 1. The van der Waals surface area contributed by atoms with Crippen molar-refractivity contribution in [2.45, 2.75) is 23.3 Å². The fourth-order valence-corrected chi connectivity index (χ4v) is 5.22. The van der Waals surface area contributed by atoms with E-state index in [9.17, 15) is 18.0 Å². The fraction of sp³-hybridized carbons (Fsp3) is 0.238. The van der Waals surface area contributed by atoms with Crippen LogP contribution in [-0.4, -0.2) is 42.2 Å². The molecule has 2 aliphatic rings. The molecule has 0 saturated carbocycles. The van der Waals surface area contributed by atoms with E-state index < -0.39 is 27.6 Å². The third-order valence-corrected chi connectivity index (χ3v) is 6.49. The van der Waals surface area contributed by atoms with Crippen LogP contribution in [0.5, 0.6) is 0 Å². The molecule has 1 saturated heterocycles. The standard InChI is InChI=1S/C21H20N2O6S2/c1-31(26,27)29-19-17(23-15(24)12-16(23)30-20(19)22)21(25)28-18(13-8-4-2-5-9-13)14-10-6-3-7-11-14/h2-11,16,18,20H,12,22H2,1H3/t16-,20?/m1/s1. The van der Waals surface area contributed by atoms with Crippen molar-refractivity contribution >= 4 is 33.8 Å². The molecule has 2 aromatic carbocycles. The first-order valence-electron chi connectivity index (χ1n) is 9.42. The van der Waals surface area contributed by atoms with Gasteiger partial charge in [0.05, 0.1) is 18.1 Å². The molecule has 10 heteroatoms. The molecule has 0 aliphatic carbocycles. The number of esters is 1. The maximum absolute atomic E-state index is 13.3. The Balaban J connectivity index is 1.75. The number of carbonyl (C=O) groups is 2. The third kappa shape index (κ3) is 4.46. The van der Waals surface area contributed by atoms with Crippen LogP contribution in [0.15, 0.2) is 72.1 Å². The Labute approximate surface area is 184 Å². The lowest BCUT2D eigenvalue weighted by Gasteiger charge is -2.45. The number of rotatable bonds is 6. The number of nitrogens with zero attached hydrogens (tertiary/aromatic N) is 1. The van der Waals surface area contributed by atoms with E-state index in [0.29, 0.717) is 11.1 Å². The van der Waals surface area contributed by atoms with E-state index in [1.165, 1.54) is 4.90 Å². The minimum absolute atomic E-state index is 0.197. The van der Waals surface area contributed by atoms with Gasteiger partial charge >= 0.3 is 16.1 Å². The first-order chi connectivity index (χ1) is 14.7. The second kappa shape index (κ2) is 8.37. The van der Waals surface area contributed by atoms with E-state index in [4.69, 9.17) is 14.7 Å². The molecule has 2 aliphatic heterocycles. The molecule has 8 nitrogen and oxygen atoms in total. The van der Waals surface area contributed by atoms with Crippen LogP contribution >= 0.6 is 11.8 Å². The summed E-state index contributed by atoms with van der Waals surface area (Å²) in [4.78, 5) is 26.8. The zero-order valence-electron chi connectivity index (χ0n) is 16.5. The van der Waals surface area contributed by atoms with Gasteiger partial charge in [0.1, 0.15) is 5.37 Å². The minimum atomic E-state index is -3.99. The highest BCUT2D eigenvalue weighted by Crippen LogP contribution is 2.44. The van der Waals surface area contributed by atoms with Crippen LogP contribution in [0.4, 0.5) is 0 Å². The number of carbonyl (C=O) groups excluding carboxylic acids is 2. The highest BCUT2D eigenvalue weighted by Gasteiger charge is 2.50. The van der Waals surface area contributed by atoms with Gasteiger partial charge in [-0.2, -0.15) is 8.42 Å². The summed E-state index contributed by atoms with van der Waals surface area (Å²) in [7, 11) is -3.99. The molecule has 0 bridgehead atoms. The summed E-state index contributed by atoms with van der Waals surface area (Å²) in [5, 5.41) is -1.30. The highest BCUT2D eigenvalue weighted by atomic mass is 32.2. The van der Waals surface area contributed by atoms with Crippen LogP contribution in [0.25, 0.3) is 0 Å². The average molecular weight is 461 g/mol. The molecule has 1 fully saturated rings. The number of ether oxygens (including phenoxy) is 1. The number of fused-ring (bicyclic) bond motifs is 1. The van der Waals surface area contributed by atoms with E-state index in [1.807, 2.05) is 60.7 Å². The lowest BCUT2D eigenvalue weighted by atomic mass is 10.0. The van der Waals surface area contributed by atoms with Crippen molar-refractivity contribution in [3.05, 3.63) is 83.2 Å². The van der Waals surface area contributed by atoms with Gasteiger partial charge in [-0.05, 0) is 11.1 Å². The third-order valence-electron chi connectivity index (χ3n) is 4.81. The summed E-state index contributed by atoms with van der Waals surface area (Å²) < 4.78 is 34.4. The molecular formula is C21H20N2O6S2. The fourth-order valence-electron chi connectivity index (χ4n) is 3.45. The van der Waals surface area contributed by atoms with Crippen LogP contribution < -0.4 is 5.73 Å². The van der Waals surface area contributed by atoms with Gasteiger partial charge in [0.15, 0.2) is 17.6 Å². The molecule has 2 aromatic rings. The zero-order valence-corrected chi connectivity index (χ0v) is 18.1. The van der Waals surface area contributed by atoms with Gasteiger partial charge in [0.2, 0.25) is 5.91 Å². The second-order valence-electron chi connectivity index (χ2n) is 7.09. The molecule has 162 valence electrons. The molecule has 0 radical (unpaired) electrons. The average Bonchev–Trinajstić information content (AvgIpc) is 2.73. The van der Waals surface area contributed by atoms with Crippen molar-refractivity contribution < 1.29 is 26.9 Å². The number of hydrogen-bond acceptors (Lipinski definition) is 8. The van der Waals surface area contributed by atoms with Crippen molar-refractivity contribution in [3.63, 3.8) is 0 Å². The van der Waals surface area contributed by atoms with Gasteiger partial charge in [-0.15, -0.1) is 11.8 Å². The molecule has 0 aromatic heterocycles. The monoisotopic (exact) mass is 460 g/mol. The van der Waals surface area contributed by atoms with Gasteiger partial charge in [-0.25, -0.2) is 4.79 Å². The van der Waals surface area contributed by atoms with Crippen molar-refractivity contribution in [1.29, 1.82) is 0 Å². The molecule has 2 heterocycles. The molecule has 2 N–H and O–H groups in total. The summed E-state index contributed by atoms with van der Waals surface area (Å²) in [6, 6.07) is 18.2. The Morgan fingerprint density at radius 3 is 2.13 bits per heavy atom. The largest absolute Gasteiger partial charge is 0.448 e. The van der Waals surface area contributed by atoms with Crippen LogP contribution in [0, 0.1) is 0 Å². The Hall–Kier alpha value is -2.82. The summed E-state index contributed by atoms with van der Waals surface area (Å²) in [5.74, 6) is -1.52. The summed E-state index contributed by atoms with van der Waals surface area (Å²) >= 11 is 1.15. The number of nitrogens with two attached hydrogens (primary N) is 1. The Morgan fingerprint density at radius 2 is 1.65 bits per heavy atom. The van der Waals surface area contributed by atoms with Crippen LogP contribution in [-0.2, 0) is 28.6 Å². The molecule has 4 rings (SSSR count). The Bertz CT molecular complexity index is 1100. The first kappa shape index (κ1) is 21.4. The van der Waals surface area contributed by atoms with Crippen LogP contribution in [0.1, 0.15) is 23.7 Å². The van der Waals surface area contributed by atoms with Gasteiger partial charge in [-0.1, -0.05) is 60.7 Å². The zero-order chi connectivity index (χ0) is 22.2. The van der Waals surface area contributed by atoms with Crippen molar-refractivity contribution in [2.24, 2.45) is 5.73 Å². The van der Waals surface area contributed by atoms with E-state index in [1.54, 1.807) is 0 Å². The van der Waals surface area contributed by atoms with Gasteiger partial charge in [0.25, 0.3) is 0 Å². The molecule has 1 amide bonds. The Kier molecular flexibility index (Phi) is 5.78. The number of thioether (sulfide) groups is 1. The van der Waals surface area contributed by atoms with Gasteiger partial charge in [-0.3, -0.25) is 9.69 Å². The number of benzene rings is 2. The van der Waals surface area contributed by atoms with E-state index in [2.05, 4.69) is 0 Å². The molecule has 1 unspecified atom stereocenters. The second-order valence-corrected chi connectivity index (χ2v) is 9.99. The van der Waals surface area contributed by atoms with E-state index in [-0.39, 0.29) is 29.2 Å². The van der Waals surface area contributed by atoms with Crippen LogP contribution in [0.3, 0.4) is 0 Å². The molecule has 31 heavy (non-hydrogen) atoms. The van der Waals surface area contributed by atoms with Crippen molar-refractivity contribution in [1.82, 2.24) is 4.90 Å². The molecule has 2 atom stereocenters. The molecular weight excluding hydrogens is 440 g/mol. The topological polar surface area (TPSA) is 116 Å². The number of β-lactam (4-membered cyclic amide) rings is 1. The smallest absolute Gasteiger partial charge is 0.359 e. The van der Waals surface area contributed by atoms with E-state index in [0.717, 1.165) is 18.0 Å². The van der Waals surface area contributed by atoms with Gasteiger partial charge < -0.3 is 14.7 Å². The highest BCUT2D eigenvalue weighted by molar-refractivity contribution is 8.00. The summed E-state index contributed by atoms with van der Waals surface area (Å²) in [5.41, 5.74) is 7.23. The quantitative estimate of drug-likeness (QED) is 0.396. The SMILES string of the molecule is CS(=O)(=O)OC1=C(C(=O)OC(c2ccccc2)c2ccccc2)N2C(=O)C[C@H]2SC1N. The van der Waals surface area contributed by atoms with Gasteiger partial charge in [0, 0.05) is 0 Å². The maximum Gasteiger partial charge on any atom is 0.359 e. The first-order valence-corrected chi connectivity index (χ1v) is 12.2. The Morgan fingerprint density at radius 1 is 1.10 bits per heavy atom. The van der Waals surface area contributed by atoms with Crippen molar-refractivity contribution in [3.8, 4) is 0 Å². The normalized spacial score (nSPS) is 20.9. The summed E-state index contributed by atoms with van der Waals surface area (Å²) in [6.07, 6.45) is 0.269.